The van der Waals surface area contributed by atoms with E-state index in [1.165, 1.54) is 12.8 Å². The maximum Gasteiger partial charge on any atom is 0.227 e. The van der Waals surface area contributed by atoms with Crippen molar-refractivity contribution in [2.45, 2.75) is 63.5 Å². The molecule has 1 aromatic carbocycles. The summed E-state index contributed by atoms with van der Waals surface area (Å²) in [7, 11) is 1.96. The van der Waals surface area contributed by atoms with Crippen LogP contribution in [0, 0.1) is 5.92 Å². The van der Waals surface area contributed by atoms with Crippen LogP contribution in [0.15, 0.2) is 18.2 Å². The molecule has 2 fully saturated rings. The molecule has 1 amide bonds. The molecule has 0 radical (unpaired) electrons. The van der Waals surface area contributed by atoms with Crippen molar-refractivity contribution in [2.24, 2.45) is 5.92 Å². The van der Waals surface area contributed by atoms with E-state index in [1.807, 2.05) is 18.0 Å². The minimum atomic E-state index is 0.140. The summed E-state index contributed by atoms with van der Waals surface area (Å²) in [6.45, 7) is 2.56. The molecule has 1 heterocycles. The number of aliphatic hydroxyl groups excluding tert-OH is 1. The third kappa shape index (κ3) is 5.41. The highest BCUT2D eigenvalue weighted by Crippen LogP contribution is 2.35. The Hall–Kier alpha value is -0.810. The lowest BCUT2D eigenvalue weighted by Gasteiger charge is -2.45. The molecule has 3 rings (SSSR count). The highest BCUT2D eigenvalue weighted by molar-refractivity contribution is 6.42. The lowest BCUT2D eigenvalue weighted by Crippen LogP contribution is -2.54. The van der Waals surface area contributed by atoms with Gasteiger partial charge in [0.1, 0.15) is 0 Å². The van der Waals surface area contributed by atoms with Gasteiger partial charge in [-0.3, -0.25) is 9.69 Å². The minimum absolute atomic E-state index is 0.140. The van der Waals surface area contributed by atoms with Crippen molar-refractivity contribution in [3.8, 4) is 0 Å². The number of likely N-dealkylation sites (N-methyl/N-ethyl adjacent to an activating group) is 1. The van der Waals surface area contributed by atoms with Gasteiger partial charge in [0.25, 0.3) is 0 Å². The number of hydrogen-bond donors (Lipinski definition) is 1. The van der Waals surface area contributed by atoms with Gasteiger partial charge in [0.15, 0.2) is 0 Å². The maximum absolute atomic E-state index is 13.0. The van der Waals surface area contributed by atoms with Gasteiger partial charge in [-0.25, -0.2) is 0 Å². The SMILES string of the molecule is CN(C(=O)Cc1ccc(Cl)c(Cl)c1)C1CCC(CCCO)CC1N1CCCC1. The molecular weight excluding hydrogens is 395 g/mol. The molecule has 6 heteroatoms. The number of carbonyl (C=O) groups is 1. The van der Waals surface area contributed by atoms with Gasteiger partial charge in [-0.15, -0.1) is 0 Å². The molecular formula is C22H32Cl2N2O2. The van der Waals surface area contributed by atoms with Crippen molar-refractivity contribution in [3.63, 3.8) is 0 Å². The Morgan fingerprint density at radius 3 is 2.64 bits per heavy atom. The second-order valence-electron chi connectivity index (χ2n) is 8.35. The summed E-state index contributed by atoms with van der Waals surface area (Å²) >= 11 is 12.1. The first-order valence-corrected chi connectivity index (χ1v) is 11.3. The van der Waals surface area contributed by atoms with Crippen LogP contribution >= 0.6 is 23.2 Å². The molecule has 3 atom stereocenters. The molecule has 1 aliphatic carbocycles. The summed E-state index contributed by atoms with van der Waals surface area (Å²) in [5, 5.41) is 10.2. The topological polar surface area (TPSA) is 43.8 Å². The Morgan fingerprint density at radius 1 is 1.21 bits per heavy atom. The van der Waals surface area contributed by atoms with Crippen LogP contribution in [0.3, 0.4) is 0 Å². The average Bonchev–Trinajstić information content (AvgIpc) is 3.23. The van der Waals surface area contributed by atoms with E-state index >= 15 is 0 Å². The zero-order valence-electron chi connectivity index (χ0n) is 16.7. The first kappa shape index (κ1) is 21.9. The Balaban J connectivity index is 1.67. The molecule has 1 aliphatic heterocycles. The molecule has 4 nitrogen and oxygen atoms in total. The largest absolute Gasteiger partial charge is 0.396 e. The van der Waals surface area contributed by atoms with Crippen LogP contribution in [0.25, 0.3) is 0 Å². The van der Waals surface area contributed by atoms with Crippen molar-refractivity contribution in [3.05, 3.63) is 33.8 Å². The third-order valence-electron chi connectivity index (χ3n) is 6.50. The zero-order valence-corrected chi connectivity index (χ0v) is 18.3. The van der Waals surface area contributed by atoms with E-state index in [9.17, 15) is 9.90 Å². The summed E-state index contributed by atoms with van der Waals surface area (Å²) in [5.41, 5.74) is 0.903. The number of nitrogens with zero attached hydrogens (tertiary/aromatic N) is 2. The van der Waals surface area contributed by atoms with E-state index in [1.54, 1.807) is 12.1 Å². The smallest absolute Gasteiger partial charge is 0.227 e. The van der Waals surface area contributed by atoms with Gasteiger partial charge in [0.05, 0.1) is 16.5 Å². The molecule has 1 aromatic rings. The molecule has 1 N–H and O–H groups in total. The van der Waals surface area contributed by atoms with E-state index in [4.69, 9.17) is 23.2 Å². The van der Waals surface area contributed by atoms with E-state index in [0.717, 1.165) is 50.8 Å². The summed E-state index contributed by atoms with van der Waals surface area (Å²) in [6.07, 6.45) is 8.15. The molecule has 1 saturated carbocycles. The highest BCUT2D eigenvalue weighted by atomic mass is 35.5. The van der Waals surface area contributed by atoms with Crippen molar-refractivity contribution in [2.75, 3.05) is 26.7 Å². The van der Waals surface area contributed by atoms with Gasteiger partial charge in [-0.2, -0.15) is 0 Å². The monoisotopic (exact) mass is 426 g/mol. The van der Waals surface area contributed by atoms with Crippen LogP contribution in [0.4, 0.5) is 0 Å². The lowest BCUT2D eigenvalue weighted by molar-refractivity contribution is -0.133. The molecule has 156 valence electrons. The molecule has 0 aromatic heterocycles. The van der Waals surface area contributed by atoms with E-state index in [2.05, 4.69) is 4.90 Å². The average molecular weight is 427 g/mol. The van der Waals surface area contributed by atoms with Gasteiger partial charge in [-0.1, -0.05) is 29.3 Å². The van der Waals surface area contributed by atoms with Gasteiger partial charge >= 0.3 is 0 Å². The lowest BCUT2D eigenvalue weighted by atomic mass is 9.79. The highest BCUT2D eigenvalue weighted by Gasteiger charge is 2.38. The van der Waals surface area contributed by atoms with Crippen LogP contribution in [0.2, 0.25) is 10.0 Å². The van der Waals surface area contributed by atoms with Gasteiger partial charge in [0.2, 0.25) is 5.91 Å². The van der Waals surface area contributed by atoms with E-state index in [0.29, 0.717) is 28.4 Å². The van der Waals surface area contributed by atoms with Crippen LogP contribution < -0.4 is 0 Å². The van der Waals surface area contributed by atoms with Gasteiger partial charge in [-0.05, 0) is 81.6 Å². The quantitative estimate of drug-likeness (QED) is 0.702. The van der Waals surface area contributed by atoms with Gasteiger partial charge in [0, 0.05) is 25.7 Å². The summed E-state index contributed by atoms with van der Waals surface area (Å²) < 4.78 is 0. The number of carbonyl (C=O) groups excluding carboxylic acids is 1. The third-order valence-corrected chi connectivity index (χ3v) is 7.24. The van der Waals surface area contributed by atoms with Crippen LogP contribution in [0.1, 0.15) is 50.5 Å². The molecule has 0 bridgehead atoms. The number of rotatable bonds is 7. The van der Waals surface area contributed by atoms with Crippen molar-refractivity contribution >= 4 is 29.1 Å². The second kappa shape index (κ2) is 10.3. The number of halogens is 2. The number of benzene rings is 1. The Bertz CT molecular complexity index is 664. The fourth-order valence-corrected chi connectivity index (χ4v) is 5.23. The van der Waals surface area contributed by atoms with Gasteiger partial charge < -0.3 is 10.0 Å². The molecule has 1 saturated heterocycles. The number of likely N-dealkylation sites (tertiary alicyclic amines) is 1. The molecule has 0 spiro atoms. The number of amides is 1. The standard InChI is InChI=1S/C22H32Cl2N2O2/c1-25(22(28)15-17-6-8-18(23)19(24)13-17)20-9-7-16(5-4-12-27)14-21(20)26-10-2-3-11-26/h6,8,13,16,20-21,27H,2-5,7,9-12,14-15H2,1H3. The molecule has 28 heavy (non-hydrogen) atoms. The second-order valence-corrected chi connectivity index (χ2v) is 9.17. The van der Waals surface area contributed by atoms with Crippen LogP contribution in [-0.4, -0.2) is 59.6 Å². The van der Waals surface area contributed by atoms with E-state index < -0.39 is 0 Å². The zero-order chi connectivity index (χ0) is 20.1. The maximum atomic E-state index is 13.0. The fraction of sp³-hybridized carbons (Fsp3) is 0.682. The van der Waals surface area contributed by atoms with Crippen LogP contribution in [0.5, 0.6) is 0 Å². The first-order valence-electron chi connectivity index (χ1n) is 10.5. The van der Waals surface area contributed by atoms with Crippen molar-refractivity contribution in [1.82, 2.24) is 9.80 Å². The predicted octanol–water partition coefficient (Wildman–Crippen LogP) is 4.40. The fourth-order valence-electron chi connectivity index (χ4n) is 4.91. The summed E-state index contributed by atoms with van der Waals surface area (Å²) in [4.78, 5) is 17.6. The Kier molecular flexibility index (Phi) is 8.04. The normalized spacial score (nSPS) is 25.8. The Morgan fingerprint density at radius 2 is 1.96 bits per heavy atom. The van der Waals surface area contributed by atoms with Crippen LogP contribution in [-0.2, 0) is 11.2 Å². The number of hydrogen-bond acceptors (Lipinski definition) is 3. The molecule has 2 aliphatic rings. The van der Waals surface area contributed by atoms with Crippen molar-refractivity contribution in [1.29, 1.82) is 0 Å². The first-order chi connectivity index (χ1) is 13.5. The summed E-state index contributed by atoms with van der Waals surface area (Å²) in [6, 6.07) is 6.12. The van der Waals surface area contributed by atoms with Crippen molar-refractivity contribution < 1.29 is 9.90 Å². The van der Waals surface area contributed by atoms with E-state index in [-0.39, 0.29) is 18.6 Å². The minimum Gasteiger partial charge on any atom is -0.396 e. The number of aliphatic hydroxyl groups is 1. The Labute approximate surface area is 178 Å². The predicted molar refractivity (Wildman–Crippen MR) is 115 cm³/mol. The summed E-state index contributed by atoms with van der Waals surface area (Å²) in [5.74, 6) is 0.800. The molecule has 3 unspecified atom stereocenters.